The highest BCUT2D eigenvalue weighted by Gasteiger charge is 2.49. The Morgan fingerprint density at radius 3 is 2.73 bits per heavy atom. The van der Waals surface area contributed by atoms with E-state index in [1.165, 1.54) is 6.07 Å². The zero-order chi connectivity index (χ0) is 23.4. The number of aromatic nitrogens is 2. The van der Waals surface area contributed by atoms with E-state index in [9.17, 15) is 19.1 Å². The number of aliphatic hydroxyl groups is 1. The number of rotatable bonds is 1. The monoisotopic (exact) mass is 448 g/mol. The van der Waals surface area contributed by atoms with Crippen LogP contribution in [-0.2, 0) is 34.7 Å². The fourth-order valence-electron chi connectivity index (χ4n) is 5.96. The number of halogens is 1. The van der Waals surface area contributed by atoms with Crippen LogP contribution < -0.4 is 5.56 Å². The molecule has 0 spiro atoms. The van der Waals surface area contributed by atoms with Crippen molar-refractivity contribution >= 4 is 16.9 Å². The summed E-state index contributed by atoms with van der Waals surface area (Å²) in [4.78, 5) is 30.9. The van der Waals surface area contributed by atoms with Gasteiger partial charge < -0.3 is 14.4 Å². The van der Waals surface area contributed by atoms with E-state index in [4.69, 9.17) is 9.72 Å². The minimum absolute atomic E-state index is 0.161. The number of benzene rings is 1. The topological polar surface area (TPSA) is 81.4 Å². The van der Waals surface area contributed by atoms with E-state index in [0.29, 0.717) is 34.6 Å². The van der Waals surface area contributed by atoms with Crippen molar-refractivity contribution in [3.05, 3.63) is 61.7 Å². The van der Waals surface area contributed by atoms with Crippen molar-refractivity contribution in [2.75, 3.05) is 0 Å². The van der Waals surface area contributed by atoms with Gasteiger partial charge in [-0.25, -0.2) is 14.2 Å². The van der Waals surface area contributed by atoms with Crippen LogP contribution in [0.1, 0.15) is 66.5 Å². The number of carbonyl (C=O) groups is 1. The molecular weight excluding hydrogens is 423 g/mol. The van der Waals surface area contributed by atoms with Crippen molar-refractivity contribution in [1.29, 1.82) is 0 Å². The van der Waals surface area contributed by atoms with Crippen LogP contribution in [-0.4, -0.2) is 20.6 Å². The fourth-order valence-corrected chi connectivity index (χ4v) is 5.96. The van der Waals surface area contributed by atoms with Gasteiger partial charge in [-0.2, -0.15) is 0 Å². The molecule has 0 radical (unpaired) electrons. The van der Waals surface area contributed by atoms with Gasteiger partial charge in [-0.1, -0.05) is 20.8 Å². The van der Waals surface area contributed by atoms with Gasteiger partial charge in [0, 0.05) is 22.6 Å². The second-order valence-electron chi connectivity index (χ2n) is 9.96. The van der Waals surface area contributed by atoms with Crippen molar-refractivity contribution in [1.82, 2.24) is 9.55 Å². The molecule has 6 rings (SSSR count). The number of carbonyl (C=O) groups excluding carboxylic acids is 1. The molecule has 2 aliphatic heterocycles. The number of hydrogen-bond donors (Lipinski definition) is 1. The van der Waals surface area contributed by atoms with E-state index in [-0.39, 0.29) is 29.5 Å². The van der Waals surface area contributed by atoms with Crippen LogP contribution in [0.2, 0.25) is 0 Å². The Morgan fingerprint density at radius 2 is 2.00 bits per heavy atom. The molecule has 0 saturated heterocycles. The lowest BCUT2D eigenvalue weighted by atomic mass is 9.78. The van der Waals surface area contributed by atoms with Crippen LogP contribution in [0.5, 0.6) is 0 Å². The average molecular weight is 448 g/mol. The van der Waals surface area contributed by atoms with Crippen LogP contribution >= 0.6 is 0 Å². The highest BCUT2D eigenvalue weighted by atomic mass is 19.1. The summed E-state index contributed by atoms with van der Waals surface area (Å²) in [5.41, 5.74) is 3.95. The van der Waals surface area contributed by atoms with Gasteiger partial charge in [-0.3, -0.25) is 4.79 Å². The maximum atomic E-state index is 14.7. The quantitative estimate of drug-likeness (QED) is 0.448. The Labute approximate surface area is 190 Å². The first-order valence-corrected chi connectivity index (χ1v) is 11.5. The van der Waals surface area contributed by atoms with Crippen LogP contribution in [0, 0.1) is 18.7 Å². The van der Waals surface area contributed by atoms with Crippen LogP contribution in [0.25, 0.3) is 22.3 Å². The molecule has 1 N–H and O–H groups in total. The summed E-state index contributed by atoms with van der Waals surface area (Å²) in [5, 5.41) is 12.3. The number of pyridine rings is 2. The van der Waals surface area contributed by atoms with Gasteiger partial charge in [-0.05, 0) is 54.4 Å². The molecule has 0 bridgehead atoms. The third-order valence-corrected chi connectivity index (χ3v) is 7.93. The lowest BCUT2D eigenvalue weighted by molar-refractivity contribution is -0.177. The standard InChI is InChI=1S/C26H25FN2O4/c1-11(2)26(32)17-7-20-23-15(9-29(20)24(30)16(17)10-33-25(26)31)21-12(3)5-6-14-13(4)18(27)8-19(28-23)22(14)21/h7-8,11-12,32H,5-6,9-10H2,1-4H3/t12-,26-/m0/s1. The summed E-state index contributed by atoms with van der Waals surface area (Å²) in [6.45, 7) is 7.62. The Bertz CT molecular complexity index is 1470. The van der Waals surface area contributed by atoms with Crippen LogP contribution in [0.15, 0.2) is 16.9 Å². The molecule has 3 aliphatic rings. The van der Waals surface area contributed by atoms with Gasteiger partial charge in [0.05, 0.1) is 29.0 Å². The van der Waals surface area contributed by atoms with Gasteiger partial charge >= 0.3 is 5.97 Å². The minimum Gasteiger partial charge on any atom is -0.458 e. The lowest BCUT2D eigenvalue weighted by Gasteiger charge is -2.35. The first kappa shape index (κ1) is 20.5. The maximum Gasteiger partial charge on any atom is 0.343 e. The van der Waals surface area contributed by atoms with Gasteiger partial charge in [0.15, 0.2) is 5.60 Å². The third kappa shape index (κ3) is 2.43. The number of fused-ring (bicyclic) bond motifs is 5. The molecule has 170 valence electrons. The van der Waals surface area contributed by atoms with Crippen LogP contribution in [0.4, 0.5) is 4.39 Å². The number of aryl methyl sites for hydroxylation is 1. The number of esters is 1. The number of ether oxygens (including phenoxy) is 1. The molecule has 7 heteroatoms. The van der Waals surface area contributed by atoms with Crippen molar-refractivity contribution in [2.45, 2.75) is 65.2 Å². The molecule has 4 heterocycles. The van der Waals surface area contributed by atoms with Gasteiger partial charge in [0.1, 0.15) is 12.4 Å². The molecule has 0 amide bonds. The Kier molecular flexibility index (Phi) is 4.05. The van der Waals surface area contributed by atoms with E-state index in [0.717, 1.165) is 34.9 Å². The summed E-state index contributed by atoms with van der Waals surface area (Å²) in [6, 6.07) is 3.20. The molecule has 1 aliphatic carbocycles. The van der Waals surface area contributed by atoms with E-state index >= 15 is 0 Å². The van der Waals surface area contributed by atoms with Gasteiger partial charge in [0.2, 0.25) is 0 Å². The maximum absolute atomic E-state index is 14.7. The average Bonchev–Trinajstić information content (AvgIpc) is 3.14. The second-order valence-corrected chi connectivity index (χ2v) is 9.96. The molecule has 0 fully saturated rings. The van der Waals surface area contributed by atoms with E-state index in [1.54, 1.807) is 24.5 Å². The van der Waals surface area contributed by atoms with E-state index in [1.807, 2.05) is 6.92 Å². The van der Waals surface area contributed by atoms with E-state index < -0.39 is 17.5 Å². The zero-order valence-corrected chi connectivity index (χ0v) is 19.1. The summed E-state index contributed by atoms with van der Waals surface area (Å²) in [6.07, 6.45) is 1.71. The molecule has 0 unspecified atom stereocenters. The number of hydrogen-bond acceptors (Lipinski definition) is 5. The van der Waals surface area contributed by atoms with Gasteiger partial charge in [0.25, 0.3) is 5.56 Å². The number of nitrogens with zero attached hydrogens (tertiary/aromatic N) is 2. The van der Waals surface area contributed by atoms with Crippen molar-refractivity contribution in [3.63, 3.8) is 0 Å². The largest absolute Gasteiger partial charge is 0.458 e. The summed E-state index contributed by atoms with van der Waals surface area (Å²) < 4.78 is 21.6. The number of cyclic esters (lactones) is 1. The van der Waals surface area contributed by atoms with Gasteiger partial charge in [-0.15, -0.1) is 0 Å². The predicted molar refractivity (Wildman–Crippen MR) is 121 cm³/mol. The Balaban J connectivity index is 1.70. The zero-order valence-electron chi connectivity index (χ0n) is 19.1. The molecule has 3 aromatic rings. The molecule has 2 atom stereocenters. The molecule has 0 saturated carbocycles. The Hall–Kier alpha value is -3.06. The van der Waals surface area contributed by atoms with Crippen molar-refractivity contribution < 1.29 is 19.0 Å². The predicted octanol–water partition coefficient (Wildman–Crippen LogP) is 3.82. The smallest absolute Gasteiger partial charge is 0.343 e. The highest BCUT2D eigenvalue weighted by Crippen LogP contribution is 2.46. The summed E-state index contributed by atoms with van der Waals surface area (Å²) in [5.74, 6) is -1.26. The molecule has 2 aromatic heterocycles. The molecule has 33 heavy (non-hydrogen) atoms. The minimum atomic E-state index is -1.90. The SMILES string of the molecule is Cc1c(F)cc2nc3c(c4c2c1CC[C@@H]4C)Cn1c-3cc2c(c1=O)COC(=O)[C@]2(O)C(C)C. The molecular formula is C26H25FN2O4. The molecule has 6 nitrogen and oxygen atoms in total. The Morgan fingerprint density at radius 1 is 1.24 bits per heavy atom. The van der Waals surface area contributed by atoms with Crippen molar-refractivity contribution in [3.8, 4) is 11.4 Å². The first-order chi connectivity index (χ1) is 15.6. The fraction of sp³-hybridized carbons (Fsp3) is 0.423. The lowest BCUT2D eigenvalue weighted by Crippen LogP contribution is -2.48. The normalized spacial score (nSPS) is 22.9. The highest BCUT2D eigenvalue weighted by molar-refractivity contribution is 5.93. The third-order valence-electron chi connectivity index (χ3n) is 7.93. The first-order valence-electron chi connectivity index (χ1n) is 11.5. The van der Waals surface area contributed by atoms with Crippen LogP contribution in [0.3, 0.4) is 0 Å². The van der Waals surface area contributed by atoms with E-state index in [2.05, 4.69) is 6.92 Å². The summed E-state index contributed by atoms with van der Waals surface area (Å²) in [7, 11) is 0. The second kappa shape index (κ2) is 6.50. The van der Waals surface area contributed by atoms with Crippen molar-refractivity contribution in [2.24, 2.45) is 5.92 Å². The molecule has 1 aromatic carbocycles. The summed E-state index contributed by atoms with van der Waals surface area (Å²) >= 11 is 0.